The van der Waals surface area contributed by atoms with Crippen molar-refractivity contribution in [3.63, 3.8) is 0 Å². The molecule has 0 bridgehead atoms. The molecule has 28 heavy (non-hydrogen) atoms. The van der Waals surface area contributed by atoms with Crippen LogP contribution in [0, 0.1) is 6.92 Å². The first kappa shape index (κ1) is 17.9. The number of carbonyl (C=O) groups is 1. The van der Waals surface area contributed by atoms with Gasteiger partial charge in [0.25, 0.3) is 5.89 Å². The van der Waals surface area contributed by atoms with E-state index < -0.39 is 5.97 Å². The molecule has 0 fully saturated rings. The summed E-state index contributed by atoms with van der Waals surface area (Å²) in [4.78, 5) is 12.7. The van der Waals surface area contributed by atoms with Crippen molar-refractivity contribution in [2.45, 2.75) is 13.5 Å². The fourth-order valence-electron chi connectivity index (χ4n) is 2.66. The van der Waals surface area contributed by atoms with Gasteiger partial charge in [-0.1, -0.05) is 41.9 Å². The number of benzene rings is 2. The van der Waals surface area contributed by atoms with Crippen LogP contribution in [0.1, 0.15) is 22.1 Å². The SMILES string of the molecule is Cc1nnc(COC(=O)c2cn(-c3ccccc3)nc2-c2ccc(Cl)cc2)o1. The third-order valence-electron chi connectivity index (χ3n) is 3.97. The number of ether oxygens (including phenoxy) is 1. The fourth-order valence-corrected chi connectivity index (χ4v) is 2.78. The lowest BCUT2D eigenvalue weighted by molar-refractivity contribution is 0.0437. The molecule has 0 aliphatic rings. The van der Waals surface area contributed by atoms with Gasteiger partial charge in [0.2, 0.25) is 5.89 Å². The summed E-state index contributed by atoms with van der Waals surface area (Å²) in [6.45, 7) is 1.55. The Morgan fingerprint density at radius 1 is 1.11 bits per heavy atom. The van der Waals surface area contributed by atoms with Gasteiger partial charge in [-0.05, 0) is 24.3 Å². The minimum Gasteiger partial charge on any atom is -0.452 e. The highest BCUT2D eigenvalue weighted by molar-refractivity contribution is 6.30. The summed E-state index contributed by atoms with van der Waals surface area (Å²) in [6.07, 6.45) is 1.64. The van der Waals surface area contributed by atoms with Gasteiger partial charge < -0.3 is 9.15 Å². The van der Waals surface area contributed by atoms with Crippen molar-refractivity contribution in [2.24, 2.45) is 0 Å². The standard InChI is InChI=1S/C20H15ClN4O3/c1-13-22-23-18(28-13)12-27-20(26)17-11-25(16-5-3-2-4-6-16)24-19(17)14-7-9-15(21)10-8-14/h2-11H,12H2,1H3. The average Bonchev–Trinajstić information content (AvgIpc) is 3.34. The maximum atomic E-state index is 12.7. The normalized spacial score (nSPS) is 10.8. The Kier molecular flexibility index (Phi) is 4.90. The van der Waals surface area contributed by atoms with Crippen LogP contribution in [-0.2, 0) is 11.3 Å². The molecular formula is C20H15ClN4O3. The summed E-state index contributed by atoms with van der Waals surface area (Å²) in [5, 5.41) is 12.7. The lowest BCUT2D eigenvalue weighted by atomic mass is 10.1. The summed E-state index contributed by atoms with van der Waals surface area (Å²) in [5.41, 5.74) is 2.39. The van der Waals surface area contributed by atoms with Crippen LogP contribution in [0.4, 0.5) is 0 Å². The van der Waals surface area contributed by atoms with Crippen LogP contribution in [0.25, 0.3) is 16.9 Å². The maximum absolute atomic E-state index is 12.7. The number of aromatic nitrogens is 4. The lowest BCUT2D eigenvalue weighted by Gasteiger charge is -2.03. The number of halogens is 1. The Hall–Kier alpha value is -3.45. The number of rotatable bonds is 5. The first-order valence-corrected chi connectivity index (χ1v) is 8.85. The predicted molar refractivity (Wildman–Crippen MR) is 102 cm³/mol. The van der Waals surface area contributed by atoms with E-state index in [0.29, 0.717) is 22.2 Å². The Morgan fingerprint density at radius 2 is 1.86 bits per heavy atom. The van der Waals surface area contributed by atoms with Gasteiger partial charge in [-0.25, -0.2) is 9.48 Å². The third kappa shape index (κ3) is 3.79. The molecule has 0 N–H and O–H groups in total. The van der Waals surface area contributed by atoms with E-state index in [9.17, 15) is 4.79 Å². The van der Waals surface area contributed by atoms with Crippen molar-refractivity contribution < 1.29 is 13.9 Å². The maximum Gasteiger partial charge on any atom is 0.342 e. The van der Waals surface area contributed by atoms with E-state index in [0.717, 1.165) is 11.3 Å². The molecular weight excluding hydrogens is 380 g/mol. The number of nitrogens with zero attached hydrogens (tertiary/aromatic N) is 4. The van der Waals surface area contributed by atoms with Crippen LogP contribution in [0.5, 0.6) is 0 Å². The molecule has 0 saturated heterocycles. The highest BCUT2D eigenvalue weighted by Gasteiger charge is 2.21. The van der Waals surface area contributed by atoms with E-state index in [1.54, 1.807) is 42.1 Å². The first-order chi connectivity index (χ1) is 13.6. The van der Waals surface area contributed by atoms with Gasteiger partial charge in [0.15, 0.2) is 6.61 Å². The van der Waals surface area contributed by atoms with Crippen molar-refractivity contribution >= 4 is 17.6 Å². The molecule has 7 nitrogen and oxygen atoms in total. The van der Waals surface area contributed by atoms with E-state index in [4.69, 9.17) is 20.8 Å². The minimum absolute atomic E-state index is 0.115. The van der Waals surface area contributed by atoms with Crippen molar-refractivity contribution in [3.8, 4) is 16.9 Å². The number of para-hydroxylation sites is 1. The third-order valence-corrected chi connectivity index (χ3v) is 4.22. The molecule has 0 atom stereocenters. The Balaban J connectivity index is 1.68. The molecule has 140 valence electrons. The summed E-state index contributed by atoms with van der Waals surface area (Å²) in [6, 6.07) is 16.6. The van der Waals surface area contributed by atoms with Crippen LogP contribution in [0.15, 0.2) is 65.2 Å². The van der Waals surface area contributed by atoms with Crippen LogP contribution < -0.4 is 0 Å². The summed E-state index contributed by atoms with van der Waals surface area (Å²) in [7, 11) is 0. The van der Waals surface area contributed by atoms with Crippen molar-refractivity contribution in [1.29, 1.82) is 0 Å². The van der Waals surface area contributed by atoms with E-state index in [2.05, 4.69) is 15.3 Å². The van der Waals surface area contributed by atoms with Gasteiger partial charge in [-0.2, -0.15) is 5.10 Å². The smallest absolute Gasteiger partial charge is 0.342 e. The Bertz CT molecular complexity index is 1100. The predicted octanol–water partition coefficient (Wildman–Crippen LogP) is 4.24. The number of hydrogen-bond donors (Lipinski definition) is 0. The Morgan fingerprint density at radius 3 is 2.54 bits per heavy atom. The molecule has 0 radical (unpaired) electrons. The largest absolute Gasteiger partial charge is 0.452 e. The minimum atomic E-state index is -0.539. The van der Waals surface area contributed by atoms with Gasteiger partial charge >= 0.3 is 5.97 Å². The monoisotopic (exact) mass is 394 g/mol. The van der Waals surface area contributed by atoms with Crippen LogP contribution >= 0.6 is 11.6 Å². The quantitative estimate of drug-likeness (QED) is 0.471. The summed E-state index contributed by atoms with van der Waals surface area (Å²) >= 11 is 5.98. The van der Waals surface area contributed by atoms with Crippen LogP contribution in [0.2, 0.25) is 5.02 Å². The molecule has 0 aliphatic carbocycles. The molecule has 0 saturated carbocycles. The van der Waals surface area contributed by atoms with E-state index in [-0.39, 0.29) is 12.5 Å². The zero-order valence-corrected chi connectivity index (χ0v) is 15.6. The second-order valence-electron chi connectivity index (χ2n) is 5.97. The molecule has 2 aromatic carbocycles. The number of aryl methyl sites for hydroxylation is 1. The lowest BCUT2D eigenvalue weighted by Crippen LogP contribution is -2.06. The fraction of sp³-hybridized carbons (Fsp3) is 0.100. The molecule has 0 aliphatic heterocycles. The van der Waals surface area contributed by atoms with Gasteiger partial charge in [-0.15, -0.1) is 10.2 Å². The van der Waals surface area contributed by atoms with Gasteiger partial charge in [0.05, 0.1) is 5.69 Å². The van der Waals surface area contributed by atoms with Crippen molar-refractivity contribution in [1.82, 2.24) is 20.0 Å². The molecule has 4 aromatic rings. The highest BCUT2D eigenvalue weighted by atomic mass is 35.5. The molecule has 2 aromatic heterocycles. The molecule has 2 heterocycles. The second kappa shape index (κ2) is 7.66. The molecule has 4 rings (SSSR count). The molecule has 8 heteroatoms. The topological polar surface area (TPSA) is 83.0 Å². The molecule has 0 unspecified atom stereocenters. The molecule has 0 spiro atoms. The number of hydrogen-bond acceptors (Lipinski definition) is 6. The van der Waals surface area contributed by atoms with Crippen LogP contribution in [0.3, 0.4) is 0 Å². The van der Waals surface area contributed by atoms with E-state index in [1.165, 1.54) is 0 Å². The summed E-state index contributed by atoms with van der Waals surface area (Å²) < 4.78 is 12.2. The summed E-state index contributed by atoms with van der Waals surface area (Å²) in [5.74, 6) is 0.0992. The highest BCUT2D eigenvalue weighted by Crippen LogP contribution is 2.26. The zero-order chi connectivity index (χ0) is 19.5. The van der Waals surface area contributed by atoms with Crippen LogP contribution in [-0.4, -0.2) is 25.9 Å². The van der Waals surface area contributed by atoms with E-state index >= 15 is 0 Å². The van der Waals surface area contributed by atoms with Gasteiger partial charge in [0.1, 0.15) is 11.3 Å². The van der Waals surface area contributed by atoms with Crippen molar-refractivity contribution in [2.75, 3.05) is 0 Å². The number of carbonyl (C=O) groups excluding carboxylic acids is 1. The second-order valence-corrected chi connectivity index (χ2v) is 6.41. The first-order valence-electron chi connectivity index (χ1n) is 8.47. The van der Waals surface area contributed by atoms with E-state index in [1.807, 2.05) is 30.3 Å². The average molecular weight is 395 g/mol. The number of esters is 1. The Labute approximate surface area is 165 Å². The van der Waals surface area contributed by atoms with Crippen molar-refractivity contribution in [3.05, 3.63) is 83.2 Å². The molecule has 0 amide bonds. The zero-order valence-electron chi connectivity index (χ0n) is 14.9. The van der Waals surface area contributed by atoms with Gasteiger partial charge in [0, 0.05) is 23.7 Å². The van der Waals surface area contributed by atoms with Gasteiger partial charge in [-0.3, -0.25) is 0 Å².